The zero-order valence-corrected chi connectivity index (χ0v) is 11.3. The fourth-order valence-corrected chi connectivity index (χ4v) is 3.41. The van der Waals surface area contributed by atoms with Gasteiger partial charge in [0.2, 0.25) is 0 Å². The Hall–Kier alpha value is 0. The van der Waals surface area contributed by atoms with Crippen molar-refractivity contribution in [1.29, 1.82) is 0 Å². The average Bonchev–Trinajstić information content (AvgIpc) is 2.11. The molecular weight excluding hydrogens is 168 g/mol. The van der Waals surface area contributed by atoms with Gasteiger partial charge in [-0.2, -0.15) is 0 Å². The highest BCUT2D eigenvalue weighted by molar-refractivity contribution is 4.99. The first kappa shape index (κ1) is 12.1. The van der Waals surface area contributed by atoms with Gasteiger partial charge >= 0.3 is 0 Å². The summed E-state index contributed by atoms with van der Waals surface area (Å²) in [5.41, 5.74) is 0.989. The van der Waals surface area contributed by atoms with Gasteiger partial charge in [0.1, 0.15) is 0 Å². The van der Waals surface area contributed by atoms with E-state index in [4.69, 9.17) is 0 Å². The van der Waals surface area contributed by atoms with E-state index < -0.39 is 0 Å². The lowest BCUT2D eigenvalue weighted by atomic mass is 9.48. The molecule has 0 aromatic heterocycles. The number of hydrogen-bond acceptors (Lipinski definition) is 0. The molecule has 0 amide bonds. The standard InChI is InChI=1S/C14H28/c1-9-10(2)14(7,8)12(4)11(3)13(9,5)6/h9-12H,1-8H3. The Morgan fingerprint density at radius 1 is 0.500 bits per heavy atom. The largest absolute Gasteiger partial charge is 0.0617 e. The van der Waals surface area contributed by atoms with Crippen LogP contribution >= 0.6 is 0 Å². The third-order valence-corrected chi connectivity index (χ3v) is 6.19. The molecule has 0 radical (unpaired) electrons. The second-order valence-corrected chi connectivity index (χ2v) is 6.80. The fraction of sp³-hybridized carbons (Fsp3) is 1.00. The summed E-state index contributed by atoms with van der Waals surface area (Å²) in [6.45, 7) is 19.6. The molecule has 1 aliphatic carbocycles. The van der Waals surface area contributed by atoms with E-state index in [1.807, 2.05) is 0 Å². The van der Waals surface area contributed by atoms with E-state index in [9.17, 15) is 0 Å². The Bertz CT molecular complexity index is 168. The van der Waals surface area contributed by atoms with Gasteiger partial charge in [0.05, 0.1) is 0 Å². The normalized spacial score (nSPS) is 46.3. The molecule has 0 aromatic rings. The van der Waals surface area contributed by atoms with Crippen molar-refractivity contribution in [2.75, 3.05) is 0 Å². The summed E-state index contributed by atoms with van der Waals surface area (Å²) in [7, 11) is 0. The topological polar surface area (TPSA) is 0 Å². The molecule has 0 aliphatic heterocycles. The Labute approximate surface area is 90.5 Å². The predicted octanol–water partition coefficient (Wildman–Crippen LogP) is 4.60. The van der Waals surface area contributed by atoms with Crippen LogP contribution in [0.2, 0.25) is 0 Å². The van der Waals surface area contributed by atoms with Crippen molar-refractivity contribution in [1.82, 2.24) is 0 Å². The van der Waals surface area contributed by atoms with Crippen LogP contribution in [0.1, 0.15) is 55.4 Å². The van der Waals surface area contributed by atoms with E-state index in [1.165, 1.54) is 0 Å². The molecule has 0 saturated heterocycles. The van der Waals surface area contributed by atoms with Crippen LogP contribution in [0, 0.1) is 34.5 Å². The third kappa shape index (κ3) is 1.42. The number of hydrogen-bond donors (Lipinski definition) is 0. The molecular formula is C14H28. The first-order valence-corrected chi connectivity index (χ1v) is 6.13. The van der Waals surface area contributed by atoms with Crippen LogP contribution in [0.15, 0.2) is 0 Å². The molecule has 0 bridgehead atoms. The van der Waals surface area contributed by atoms with Crippen LogP contribution in [0.25, 0.3) is 0 Å². The SMILES string of the molecule is CC1C(C)C(C)(C)C(C)C(C)C1(C)C. The maximum absolute atomic E-state index is 2.45. The lowest BCUT2D eigenvalue weighted by Gasteiger charge is -2.57. The van der Waals surface area contributed by atoms with Crippen molar-refractivity contribution in [2.45, 2.75) is 55.4 Å². The highest BCUT2D eigenvalue weighted by Crippen LogP contribution is 2.57. The predicted molar refractivity (Wildman–Crippen MR) is 64.2 cm³/mol. The molecule has 0 N–H and O–H groups in total. The van der Waals surface area contributed by atoms with Crippen LogP contribution in [-0.4, -0.2) is 0 Å². The van der Waals surface area contributed by atoms with Crippen LogP contribution in [0.4, 0.5) is 0 Å². The molecule has 1 saturated carbocycles. The van der Waals surface area contributed by atoms with E-state index in [-0.39, 0.29) is 0 Å². The van der Waals surface area contributed by atoms with Crippen molar-refractivity contribution in [3.8, 4) is 0 Å². The summed E-state index contributed by atoms with van der Waals surface area (Å²) in [5, 5.41) is 0. The summed E-state index contributed by atoms with van der Waals surface area (Å²) < 4.78 is 0. The minimum atomic E-state index is 0.494. The molecule has 0 nitrogen and oxygen atoms in total. The summed E-state index contributed by atoms with van der Waals surface area (Å²) in [5.74, 6) is 3.29. The van der Waals surface area contributed by atoms with E-state index in [1.54, 1.807) is 0 Å². The monoisotopic (exact) mass is 196 g/mol. The van der Waals surface area contributed by atoms with Gasteiger partial charge < -0.3 is 0 Å². The van der Waals surface area contributed by atoms with Crippen LogP contribution < -0.4 is 0 Å². The van der Waals surface area contributed by atoms with Crippen molar-refractivity contribution in [3.63, 3.8) is 0 Å². The van der Waals surface area contributed by atoms with Gasteiger partial charge in [0.15, 0.2) is 0 Å². The summed E-state index contributed by atoms with van der Waals surface area (Å²) in [6, 6.07) is 0. The molecule has 1 rings (SSSR count). The maximum atomic E-state index is 2.45. The zero-order valence-electron chi connectivity index (χ0n) is 11.3. The maximum Gasteiger partial charge on any atom is -0.0297 e. The first-order valence-electron chi connectivity index (χ1n) is 6.13. The summed E-state index contributed by atoms with van der Waals surface area (Å²) in [4.78, 5) is 0. The quantitative estimate of drug-likeness (QED) is 0.531. The molecule has 0 spiro atoms. The van der Waals surface area contributed by atoms with Crippen molar-refractivity contribution in [3.05, 3.63) is 0 Å². The van der Waals surface area contributed by atoms with Crippen LogP contribution in [0.3, 0.4) is 0 Å². The van der Waals surface area contributed by atoms with E-state index in [0.29, 0.717) is 10.8 Å². The minimum Gasteiger partial charge on any atom is -0.0617 e. The molecule has 84 valence electrons. The van der Waals surface area contributed by atoms with Crippen molar-refractivity contribution >= 4 is 0 Å². The molecule has 14 heavy (non-hydrogen) atoms. The second kappa shape index (κ2) is 3.25. The molecule has 0 heterocycles. The molecule has 4 unspecified atom stereocenters. The zero-order chi connectivity index (χ0) is 11.3. The third-order valence-electron chi connectivity index (χ3n) is 6.19. The Morgan fingerprint density at radius 3 is 0.786 bits per heavy atom. The molecule has 1 fully saturated rings. The molecule has 4 atom stereocenters. The first-order chi connectivity index (χ1) is 6.13. The van der Waals surface area contributed by atoms with Crippen molar-refractivity contribution in [2.24, 2.45) is 34.5 Å². The van der Waals surface area contributed by atoms with Crippen molar-refractivity contribution < 1.29 is 0 Å². The van der Waals surface area contributed by atoms with Gasteiger partial charge in [-0.1, -0.05) is 55.4 Å². The van der Waals surface area contributed by atoms with Gasteiger partial charge in [-0.15, -0.1) is 0 Å². The highest BCUT2D eigenvalue weighted by Gasteiger charge is 2.51. The fourth-order valence-electron chi connectivity index (χ4n) is 3.41. The van der Waals surface area contributed by atoms with Gasteiger partial charge in [-0.05, 0) is 34.5 Å². The Kier molecular flexibility index (Phi) is 2.80. The van der Waals surface area contributed by atoms with Gasteiger partial charge in [-0.3, -0.25) is 0 Å². The van der Waals surface area contributed by atoms with E-state index in [2.05, 4.69) is 55.4 Å². The van der Waals surface area contributed by atoms with Crippen LogP contribution in [-0.2, 0) is 0 Å². The second-order valence-electron chi connectivity index (χ2n) is 6.80. The lowest BCUT2D eigenvalue weighted by Crippen LogP contribution is -2.51. The average molecular weight is 196 g/mol. The Balaban J connectivity index is 3.07. The lowest BCUT2D eigenvalue weighted by molar-refractivity contribution is -0.0907. The van der Waals surface area contributed by atoms with E-state index in [0.717, 1.165) is 23.7 Å². The van der Waals surface area contributed by atoms with Gasteiger partial charge in [0, 0.05) is 0 Å². The summed E-state index contributed by atoms with van der Waals surface area (Å²) >= 11 is 0. The molecule has 0 heteroatoms. The summed E-state index contributed by atoms with van der Waals surface area (Å²) in [6.07, 6.45) is 0. The van der Waals surface area contributed by atoms with Gasteiger partial charge in [0.25, 0.3) is 0 Å². The Morgan fingerprint density at radius 2 is 0.643 bits per heavy atom. The smallest absolute Gasteiger partial charge is 0.0297 e. The minimum absolute atomic E-state index is 0.494. The highest BCUT2D eigenvalue weighted by atomic mass is 14.6. The van der Waals surface area contributed by atoms with Gasteiger partial charge in [-0.25, -0.2) is 0 Å². The van der Waals surface area contributed by atoms with Crippen LogP contribution in [0.5, 0.6) is 0 Å². The molecule has 0 aromatic carbocycles. The van der Waals surface area contributed by atoms with E-state index >= 15 is 0 Å². The number of rotatable bonds is 0. The molecule has 1 aliphatic rings.